The monoisotopic (exact) mass is 308 g/mol. The Balaban J connectivity index is 3.06. The van der Waals surface area contributed by atoms with Gasteiger partial charge in [0.15, 0.2) is 0 Å². The van der Waals surface area contributed by atoms with Gasteiger partial charge in [-0.2, -0.15) is 0 Å². The Morgan fingerprint density at radius 1 is 1.53 bits per heavy atom. The average Bonchev–Trinajstić information content (AvgIpc) is 2.36. The first-order chi connectivity index (χ1) is 8.77. The first kappa shape index (κ1) is 15.8. The van der Waals surface area contributed by atoms with Crippen LogP contribution in [0.3, 0.4) is 0 Å². The Hall–Kier alpha value is -1.22. The van der Waals surface area contributed by atoms with Crippen molar-refractivity contribution in [2.45, 2.75) is 11.8 Å². The van der Waals surface area contributed by atoms with Gasteiger partial charge < -0.3 is 5.11 Å². The Labute approximate surface area is 115 Å². The van der Waals surface area contributed by atoms with Gasteiger partial charge in [0, 0.05) is 25.3 Å². The topological polar surface area (TPSA) is 110 Å². The van der Waals surface area contributed by atoms with Crippen LogP contribution in [0.5, 0.6) is 0 Å². The molecule has 1 rings (SSSR count). The molecule has 0 aromatic heterocycles. The van der Waals surface area contributed by atoms with E-state index in [9.17, 15) is 18.5 Å². The second-order valence-corrected chi connectivity index (χ2v) is 6.15. The van der Waals surface area contributed by atoms with Gasteiger partial charge >= 0.3 is 0 Å². The van der Waals surface area contributed by atoms with Gasteiger partial charge in [0.1, 0.15) is 4.90 Å². The summed E-state index contributed by atoms with van der Waals surface area (Å²) in [5.41, 5.74) is -0.361. The highest BCUT2D eigenvalue weighted by Crippen LogP contribution is 2.25. The third kappa shape index (κ3) is 4.13. The van der Waals surface area contributed by atoms with Crippen LogP contribution in [0.2, 0.25) is 5.02 Å². The van der Waals surface area contributed by atoms with E-state index in [1.54, 1.807) is 6.92 Å². The largest absolute Gasteiger partial charge is 0.396 e. The van der Waals surface area contributed by atoms with Crippen molar-refractivity contribution >= 4 is 27.3 Å². The number of benzene rings is 1. The molecular formula is C10H13ClN2O5S. The predicted molar refractivity (Wildman–Crippen MR) is 69.5 cm³/mol. The molecule has 0 aliphatic heterocycles. The smallest absolute Gasteiger partial charge is 0.270 e. The number of non-ortho nitro benzene ring substituents is 1. The number of nitro groups is 1. The van der Waals surface area contributed by atoms with E-state index in [-0.39, 0.29) is 34.7 Å². The normalized spacial score (nSPS) is 13.2. The van der Waals surface area contributed by atoms with E-state index in [1.165, 1.54) is 0 Å². The highest BCUT2D eigenvalue weighted by atomic mass is 35.5. The van der Waals surface area contributed by atoms with Crippen LogP contribution in [0.15, 0.2) is 23.1 Å². The standard InChI is InChI=1S/C10H13ClN2O5S/c1-7(6-14)5-12-19(17,18)10-4-8(13(15)16)2-3-9(10)11/h2-4,7,12,14H,5-6H2,1H3. The SMILES string of the molecule is CC(CO)CNS(=O)(=O)c1cc([N+](=O)[O-])ccc1Cl. The van der Waals surface area contributed by atoms with E-state index in [1.807, 2.05) is 0 Å². The summed E-state index contributed by atoms with van der Waals surface area (Å²) >= 11 is 5.74. The van der Waals surface area contributed by atoms with Crippen molar-refractivity contribution in [2.75, 3.05) is 13.2 Å². The summed E-state index contributed by atoms with van der Waals surface area (Å²) in [7, 11) is -3.95. The molecule has 0 aliphatic rings. The van der Waals surface area contributed by atoms with Crippen LogP contribution in [0.1, 0.15) is 6.92 Å². The summed E-state index contributed by atoms with van der Waals surface area (Å²) in [4.78, 5) is 9.56. The van der Waals surface area contributed by atoms with Gasteiger partial charge in [0.05, 0.1) is 9.95 Å². The van der Waals surface area contributed by atoms with Crippen molar-refractivity contribution in [3.05, 3.63) is 33.3 Å². The molecule has 1 unspecified atom stereocenters. The lowest BCUT2D eigenvalue weighted by Gasteiger charge is -2.11. The lowest BCUT2D eigenvalue weighted by molar-refractivity contribution is -0.385. The number of aliphatic hydroxyl groups is 1. The van der Waals surface area contributed by atoms with Crippen molar-refractivity contribution in [2.24, 2.45) is 5.92 Å². The minimum absolute atomic E-state index is 0.0118. The van der Waals surface area contributed by atoms with Crippen molar-refractivity contribution in [1.29, 1.82) is 0 Å². The third-order valence-corrected chi connectivity index (χ3v) is 4.25. The molecular weight excluding hydrogens is 296 g/mol. The Morgan fingerprint density at radius 2 is 2.16 bits per heavy atom. The quantitative estimate of drug-likeness (QED) is 0.605. The van der Waals surface area contributed by atoms with Gasteiger partial charge in [-0.05, 0) is 12.0 Å². The minimum atomic E-state index is -3.95. The van der Waals surface area contributed by atoms with Gasteiger partial charge in [-0.3, -0.25) is 10.1 Å². The van der Waals surface area contributed by atoms with Gasteiger partial charge in [-0.1, -0.05) is 18.5 Å². The molecule has 0 saturated carbocycles. The van der Waals surface area contributed by atoms with Gasteiger partial charge in [-0.15, -0.1) is 0 Å². The Morgan fingerprint density at radius 3 is 2.68 bits per heavy atom. The number of halogens is 1. The summed E-state index contributed by atoms with van der Waals surface area (Å²) in [5.74, 6) is -0.271. The molecule has 0 fully saturated rings. The lowest BCUT2D eigenvalue weighted by atomic mass is 10.2. The molecule has 0 radical (unpaired) electrons. The summed E-state index contributed by atoms with van der Waals surface area (Å²) in [6.45, 7) is 1.49. The number of aliphatic hydroxyl groups excluding tert-OH is 1. The maximum Gasteiger partial charge on any atom is 0.270 e. The second-order valence-electron chi connectivity index (χ2n) is 4.01. The summed E-state index contributed by atoms with van der Waals surface area (Å²) < 4.78 is 26.1. The number of nitrogens with zero attached hydrogens (tertiary/aromatic N) is 1. The molecule has 0 heterocycles. The first-order valence-corrected chi connectivity index (χ1v) is 7.18. The fraction of sp³-hybridized carbons (Fsp3) is 0.400. The zero-order chi connectivity index (χ0) is 14.6. The van der Waals surface area contributed by atoms with E-state index < -0.39 is 14.9 Å². The van der Waals surface area contributed by atoms with Crippen molar-refractivity contribution < 1.29 is 18.4 Å². The van der Waals surface area contributed by atoms with Gasteiger partial charge in [0.2, 0.25) is 10.0 Å². The van der Waals surface area contributed by atoms with Crippen LogP contribution in [-0.2, 0) is 10.0 Å². The zero-order valence-electron chi connectivity index (χ0n) is 10.0. The number of hydrogen-bond acceptors (Lipinski definition) is 5. The van der Waals surface area contributed by atoms with Crippen LogP contribution in [-0.4, -0.2) is 31.6 Å². The van der Waals surface area contributed by atoms with E-state index in [2.05, 4.69) is 4.72 Å². The number of rotatable bonds is 6. The second kappa shape index (κ2) is 6.29. The predicted octanol–water partition coefficient (Wildman–Crippen LogP) is 1.15. The van der Waals surface area contributed by atoms with Crippen LogP contribution in [0.4, 0.5) is 5.69 Å². The van der Waals surface area contributed by atoms with Crippen molar-refractivity contribution in [1.82, 2.24) is 4.72 Å². The van der Waals surface area contributed by atoms with Crippen LogP contribution >= 0.6 is 11.6 Å². The van der Waals surface area contributed by atoms with E-state index in [4.69, 9.17) is 16.7 Å². The minimum Gasteiger partial charge on any atom is -0.396 e. The van der Waals surface area contributed by atoms with Crippen molar-refractivity contribution in [3.8, 4) is 0 Å². The van der Waals surface area contributed by atoms with E-state index in [0.29, 0.717) is 0 Å². The lowest BCUT2D eigenvalue weighted by Crippen LogP contribution is -2.29. The summed E-state index contributed by atoms with van der Waals surface area (Å²) in [6.07, 6.45) is 0. The van der Waals surface area contributed by atoms with Crippen LogP contribution in [0.25, 0.3) is 0 Å². The molecule has 7 nitrogen and oxygen atoms in total. The molecule has 106 valence electrons. The highest BCUT2D eigenvalue weighted by molar-refractivity contribution is 7.89. The zero-order valence-corrected chi connectivity index (χ0v) is 11.6. The molecule has 0 spiro atoms. The molecule has 0 aliphatic carbocycles. The number of nitro benzene ring substituents is 1. The fourth-order valence-electron chi connectivity index (χ4n) is 1.21. The first-order valence-electron chi connectivity index (χ1n) is 5.32. The number of sulfonamides is 1. The molecule has 19 heavy (non-hydrogen) atoms. The Kier molecular flexibility index (Phi) is 5.24. The number of hydrogen-bond donors (Lipinski definition) is 2. The van der Waals surface area contributed by atoms with Gasteiger partial charge in [-0.25, -0.2) is 13.1 Å². The molecule has 0 amide bonds. The molecule has 1 aromatic carbocycles. The number of nitrogens with one attached hydrogen (secondary N) is 1. The molecule has 9 heteroatoms. The van der Waals surface area contributed by atoms with Crippen molar-refractivity contribution in [3.63, 3.8) is 0 Å². The summed E-state index contributed by atoms with van der Waals surface area (Å²) in [5, 5.41) is 19.3. The molecule has 2 N–H and O–H groups in total. The van der Waals surface area contributed by atoms with E-state index >= 15 is 0 Å². The average molecular weight is 309 g/mol. The summed E-state index contributed by atoms with van der Waals surface area (Å²) in [6, 6.07) is 3.18. The highest BCUT2D eigenvalue weighted by Gasteiger charge is 2.21. The molecule has 1 atom stereocenters. The maximum absolute atomic E-state index is 11.9. The Bertz CT molecular complexity index is 575. The van der Waals surface area contributed by atoms with Crippen LogP contribution in [0, 0.1) is 16.0 Å². The molecule has 1 aromatic rings. The molecule has 0 saturated heterocycles. The van der Waals surface area contributed by atoms with E-state index in [0.717, 1.165) is 18.2 Å². The maximum atomic E-state index is 11.9. The third-order valence-electron chi connectivity index (χ3n) is 2.35. The fourth-order valence-corrected chi connectivity index (χ4v) is 2.89. The molecule has 0 bridgehead atoms. The van der Waals surface area contributed by atoms with Gasteiger partial charge in [0.25, 0.3) is 5.69 Å². The van der Waals surface area contributed by atoms with Crippen LogP contribution < -0.4 is 4.72 Å².